The highest BCUT2D eigenvalue weighted by molar-refractivity contribution is 5.27. The van der Waals surface area contributed by atoms with Gasteiger partial charge in [0.1, 0.15) is 5.75 Å². The molecule has 0 saturated carbocycles. The van der Waals surface area contributed by atoms with Crippen molar-refractivity contribution in [3.05, 3.63) is 41.6 Å². The molecule has 0 unspecified atom stereocenters. The van der Waals surface area contributed by atoms with E-state index in [-0.39, 0.29) is 5.75 Å². The maximum Gasteiger partial charge on any atom is 0.216 e. The molecule has 1 aromatic carbocycles. The molecule has 1 aromatic heterocycles. The second kappa shape index (κ2) is 6.16. The van der Waals surface area contributed by atoms with Gasteiger partial charge in [-0.25, -0.2) is 0 Å². The quantitative estimate of drug-likeness (QED) is 0.807. The van der Waals surface area contributed by atoms with Crippen LogP contribution < -0.4 is 5.73 Å². The van der Waals surface area contributed by atoms with E-state index in [1.165, 1.54) is 0 Å². The number of aromatic hydroxyl groups is 1. The SMILES string of the molecule is NCCCc1nnc(CCc2cccc(O)c2)o1. The standard InChI is InChI=1S/C13H17N3O2/c14-8-2-5-12-15-16-13(18-12)7-6-10-3-1-4-11(17)9-10/h1,3-4,9,17H,2,5-8,14H2. The van der Waals surface area contributed by atoms with Crippen LogP contribution in [0.4, 0.5) is 0 Å². The number of hydrogen-bond donors (Lipinski definition) is 2. The summed E-state index contributed by atoms with van der Waals surface area (Å²) in [6.45, 7) is 0.626. The Labute approximate surface area is 106 Å². The first-order valence-corrected chi connectivity index (χ1v) is 6.07. The van der Waals surface area contributed by atoms with Gasteiger partial charge >= 0.3 is 0 Å². The van der Waals surface area contributed by atoms with Crippen LogP contribution in [0, 0.1) is 0 Å². The van der Waals surface area contributed by atoms with Gasteiger partial charge in [-0.3, -0.25) is 0 Å². The predicted octanol–water partition coefficient (Wildman–Crippen LogP) is 1.45. The molecule has 0 bridgehead atoms. The van der Waals surface area contributed by atoms with Crippen LogP contribution in [0.2, 0.25) is 0 Å². The van der Waals surface area contributed by atoms with Gasteiger partial charge in [0.05, 0.1) is 0 Å². The van der Waals surface area contributed by atoms with Crippen LogP contribution in [0.15, 0.2) is 28.7 Å². The fourth-order valence-corrected chi connectivity index (χ4v) is 1.71. The van der Waals surface area contributed by atoms with Crippen LogP contribution in [0.1, 0.15) is 23.8 Å². The summed E-state index contributed by atoms with van der Waals surface area (Å²) in [5, 5.41) is 17.3. The van der Waals surface area contributed by atoms with E-state index in [0.29, 0.717) is 24.7 Å². The van der Waals surface area contributed by atoms with Crippen molar-refractivity contribution in [2.45, 2.75) is 25.7 Å². The first-order valence-electron chi connectivity index (χ1n) is 6.07. The number of aromatic nitrogens is 2. The molecule has 0 fully saturated rings. The first kappa shape index (κ1) is 12.6. The molecule has 18 heavy (non-hydrogen) atoms. The fourth-order valence-electron chi connectivity index (χ4n) is 1.71. The zero-order valence-electron chi connectivity index (χ0n) is 10.2. The summed E-state index contributed by atoms with van der Waals surface area (Å²) in [4.78, 5) is 0. The molecule has 0 radical (unpaired) electrons. The van der Waals surface area contributed by atoms with Crippen molar-refractivity contribution < 1.29 is 9.52 Å². The van der Waals surface area contributed by atoms with Crippen LogP contribution in [0.25, 0.3) is 0 Å². The number of benzene rings is 1. The average Bonchev–Trinajstić information content (AvgIpc) is 2.82. The van der Waals surface area contributed by atoms with Crippen LogP contribution in [-0.2, 0) is 19.3 Å². The number of hydrogen-bond acceptors (Lipinski definition) is 5. The summed E-state index contributed by atoms with van der Waals surface area (Å²) < 4.78 is 5.50. The lowest BCUT2D eigenvalue weighted by Gasteiger charge is -1.99. The molecule has 5 heteroatoms. The monoisotopic (exact) mass is 247 g/mol. The lowest BCUT2D eigenvalue weighted by molar-refractivity contribution is 0.444. The molecule has 0 atom stereocenters. The van der Waals surface area contributed by atoms with E-state index in [2.05, 4.69) is 10.2 Å². The zero-order valence-corrected chi connectivity index (χ0v) is 10.2. The normalized spacial score (nSPS) is 10.7. The Bertz CT molecular complexity index is 496. The minimum atomic E-state index is 0.279. The highest BCUT2D eigenvalue weighted by atomic mass is 16.4. The maximum absolute atomic E-state index is 9.35. The lowest BCUT2D eigenvalue weighted by atomic mass is 10.1. The molecule has 96 valence electrons. The van der Waals surface area contributed by atoms with Gasteiger partial charge in [-0.15, -0.1) is 10.2 Å². The third-order valence-corrected chi connectivity index (χ3v) is 2.64. The summed E-state index contributed by atoms with van der Waals surface area (Å²) in [7, 11) is 0. The second-order valence-electron chi connectivity index (χ2n) is 4.15. The molecule has 0 saturated heterocycles. The van der Waals surface area contributed by atoms with E-state index in [4.69, 9.17) is 10.2 Å². The predicted molar refractivity (Wildman–Crippen MR) is 67.2 cm³/mol. The molecule has 0 aliphatic rings. The summed E-state index contributed by atoms with van der Waals surface area (Å²) in [5.74, 6) is 1.55. The number of nitrogens with zero attached hydrogens (tertiary/aromatic N) is 2. The molecule has 2 rings (SSSR count). The topological polar surface area (TPSA) is 85.2 Å². The molecule has 5 nitrogen and oxygen atoms in total. The lowest BCUT2D eigenvalue weighted by Crippen LogP contribution is -2.00. The molecular weight excluding hydrogens is 230 g/mol. The first-order chi connectivity index (χ1) is 8.78. The van der Waals surface area contributed by atoms with Gasteiger partial charge in [-0.2, -0.15) is 0 Å². The number of nitrogens with two attached hydrogens (primary N) is 1. The summed E-state index contributed by atoms with van der Waals surface area (Å²) in [6.07, 6.45) is 3.04. The van der Waals surface area contributed by atoms with Crippen molar-refractivity contribution in [3.63, 3.8) is 0 Å². The van der Waals surface area contributed by atoms with Crippen molar-refractivity contribution in [2.75, 3.05) is 6.54 Å². The van der Waals surface area contributed by atoms with Gasteiger partial charge in [0.25, 0.3) is 0 Å². The van der Waals surface area contributed by atoms with Crippen molar-refractivity contribution in [2.24, 2.45) is 5.73 Å². The number of rotatable bonds is 6. The van der Waals surface area contributed by atoms with Crippen molar-refractivity contribution in [3.8, 4) is 5.75 Å². The molecule has 0 aliphatic carbocycles. The third kappa shape index (κ3) is 3.56. The van der Waals surface area contributed by atoms with Crippen molar-refractivity contribution in [1.82, 2.24) is 10.2 Å². The summed E-state index contributed by atoms with van der Waals surface area (Å²) in [5.41, 5.74) is 6.47. The molecule has 2 aromatic rings. The Morgan fingerprint density at radius 1 is 1.11 bits per heavy atom. The Morgan fingerprint density at radius 2 is 1.89 bits per heavy atom. The Hall–Kier alpha value is -1.88. The zero-order chi connectivity index (χ0) is 12.8. The largest absolute Gasteiger partial charge is 0.508 e. The van der Waals surface area contributed by atoms with Gasteiger partial charge in [0, 0.05) is 12.8 Å². The third-order valence-electron chi connectivity index (χ3n) is 2.64. The summed E-state index contributed by atoms with van der Waals surface area (Å²) >= 11 is 0. The second-order valence-corrected chi connectivity index (χ2v) is 4.15. The van der Waals surface area contributed by atoms with E-state index >= 15 is 0 Å². The van der Waals surface area contributed by atoms with E-state index in [1.54, 1.807) is 12.1 Å². The average molecular weight is 247 g/mol. The molecular formula is C13H17N3O2. The smallest absolute Gasteiger partial charge is 0.216 e. The van der Waals surface area contributed by atoms with E-state index in [0.717, 1.165) is 24.8 Å². The van der Waals surface area contributed by atoms with E-state index in [9.17, 15) is 5.11 Å². The van der Waals surface area contributed by atoms with Crippen molar-refractivity contribution >= 4 is 0 Å². The molecule has 1 heterocycles. The van der Waals surface area contributed by atoms with E-state index < -0.39 is 0 Å². The van der Waals surface area contributed by atoms with E-state index in [1.807, 2.05) is 12.1 Å². The number of phenols is 1. The molecule has 3 N–H and O–H groups in total. The fraction of sp³-hybridized carbons (Fsp3) is 0.385. The highest BCUT2D eigenvalue weighted by Crippen LogP contribution is 2.13. The van der Waals surface area contributed by atoms with Gasteiger partial charge in [-0.05, 0) is 37.1 Å². The van der Waals surface area contributed by atoms with Crippen molar-refractivity contribution in [1.29, 1.82) is 0 Å². The highest BCUT2D eigenvalue weighted by Gasteiger charge is 2.06. The Morgan fingerprint density at radius 3 is 2.61 bits per heavy atom. The van der Waals surface area contributed by atoms with Gasteiger partial charge < -0.3 is 15.3 Å². The van der Waals surface area contributed by atoms with Crippen LogP contribution >= 0.6 is 0 Å². The Balaban J connectivity index is 1.88. The number of phenolic OH excluding ortho intramolecular Hbond substituents is 1. The minimum Gasteiger partial charge on any atom is -0.508 e. The molecule has 0 aliphatic heterocycles. The van der Waals surface area contributed by atoms with Gasteiger partial charge in [0.15, 0.2) is 0 Å². The molecule has 0 amide bonds. The van der Waals surface area contributed by atoms with Gasteiger partial charge in [-0.1, -0.05) is 12.1 Å². The van der Waals surface area contributed by atoms with Gasteiger partial charge in [0.2, 0.25) is 11.8 Å². The maximum atomic E-state index is 9.35. The summed E-state index contributed by atoms with van der Waals surface area (Å²) in [6, 6.07) is 7.18. The van der Waals surface area contributed by atoms with Crippen LogP contribution in [0.3, 0.4) is 0 Å². The Kier molecular flexibility index (Phi) is 4.30. The number of aryl methyl sites for hydroxylation is 3. The molecule has 0 spiro atoms. The van der Waals surface area contributed by atoms with Crippen LogP contribution in [0.5, 0.6) is 5.75 Å². The minimum absolute atomic E-state index is 0.279. The van der Waals surface area contributed by atoms with Crippen LogP contribution in [-0.4, -0.2) is 21.8 Å².